The molecule has 1 aliphatic heterocycles. The number of likely N-dealkylation sites (N-methyl/N-ethyl adjacent to an activating group) is 1. The summed E-state index contributed by atoms with van der Waals surface area (Å²) in [5.74, 6) is -1.65. The van der Waals surface area contributed by atoms with Crippen LogP contribution in [-0.4, -0.2) is 54.5 Å². The molecule has 0 bridgehead atoms. The second-order valence-corrected chi connectivity index (χ2v) is 8.40. The van der Waals surface area contributed by atoms with E-state index in [2.05, 4.69) is 30.3 Å². The molecule has 2 aromatic rings. The number of ether oxygens (including phenoxy) is 1. The number of carbonyl (C=O) groups is 3. The standard InChI is InChI=1S/C25H30N2O5/c1-3-25(13-4-5-14-27(2)17-25)20-7-6-8-21(15-20)32-24(31)19-11-9-18(10-12-19)23(30)26-16-22(28)29/h6-12,15H,3-5,13-14,16-17H2,1-2H3,(H,26,30)(H,28,29). The van der Waals surface area contributed by atoms with E-state index in [1.165, 1.54) is 42.7 Å². The van der Waals surface area contributed by atoms with E-state index in [1.54, 1.807) is 6.07 Å². The Hall–Kier alpha value is -3.19. The molecule has 1 heterocycles. The number of nitrogens with zero attached hydrogens (tertiary/aromatic N) is 1. The van der Waals surface area contributed by atoms with E-state index in [-0.39, 0.29) is 11.0 Å². The van der Waals surface area contributed by atoms with Crippen molar-refractivity contribution in [1.29, 1.82) is 0 Å². The van der Waals surface area contributed by atoms with Gasteiger partial charge in [-0.15, -0.1) is 0 Å². The highest BCUT2D eigenvalue weighted by atomic mass is 16.5. The molecular weight excluding hydrogens is 408 g/mol. The molecule has 0 aromatic heterocycles. The predicted molar refractivity (Wildman–Crippen MR) is 121 cm³/mol. The minimum Gasteiger partial charge on any atom is -0.480 e. The first-order chi connectivity index (χ1) is 15.3. The quantitative estimate of drug-likeness (QED) is 0.508. The lowest BCUT2D eigenvalue weighted by molar-refractivity contribution is -0.135. The average Bonchev–Trinajstić information content (AvgIpc) is 2.99. The van der Waals surface area contributed by atoms with Gasteiger partial charge in [-0.25, -0.2) is 4.79 Å². The molecule has 1 fully saturated rings. The number of likely N-dealkylation sites (tertiary alicyclic amines) is 1. The minimum absolute atomic E-state index is 0.0403. The molecule has 7 heteroatoms. The summed E-state index contributed by atoms with van der Waals surface area (Å²) < 4.78 is 5.63. The van der Waals surface area contributed by atoms with Gasteiger partial charge in [-0.2, -0.15) is 0 Å². The van der Waals surface area contributed by atoms with Gasteiger partial charge in [0, 0.05) is 17.5 Å². The number of aliphatic carboxylic acids is 1. The fourth-order valence-electron chi connectivity index (χ4n) is 4.32. The van der Waals surface area contributed by atoms with Crippen molar-refractivity contribution in [2.75, 3.05) is 26.7 Å². The molecule has 0 spiro atoms. The molecule has 0 aliphatic carbocycles. The first-order valence-corrected chi connectivity index (χ1v) is 10.9. The van der Waals surface area contributed by atoms with E-state index in [1.807, 2.05) is 12.1 Å². The van der Waals surface area contributed by atoms with Crippen molar-refractivity contribution in [1.82, 2.24) is 10.2 Å². The molecule has 7 nitrogen and oxygen atoms in total. The van der Waals surface area contributed by atoms with Crippen LogP contribution < -0.4 is 10.1 Å². The van der Waals surface area contributed by atoms with Crippen LogP contribution in [0.15, 0.2) is 48.5 Å². The van der Waals surface area contributed by atoms with Gasteiger partial charge in [0.25, 0.3) is 5.91 Å². The van der Waals surface area contributed by atoms with Gasteiger partial charge in [0.1, 0.15) is 12.3 Å². The molecule has 0 radical (unpaired) electrons. The zero-order valence-corrected chi connectivity index (χ0v) is 18.6. The van der Waals surface area contributed by atoms with Gasteiger partial charge in [0.15, 0.2) is 0 Å². The fourth-order valence-corrected chi connectivity index (χ4v) is 4.32. The first-order valence-electron chi connectivity index (χ1n) is 10.9. The number of hydrogen-bond donors (Lipinski definition) is 2. The van der Waals surface area contributed by atoms with Gasteiger partial charge in [-0.05, 0) is 74.8 Å². The van der Waals surface area contributed by atoms with Crippen molar-refractivity contribution in [2.45, 2.75) is 38.0 Å². The van der Waals surface area contributed by atoms with Crippen LogP contribution in [0, 0.1) is 0 Å². The first kappa shape index (κ1) is 23.5. The molecule has 1 aliphatic rings. The predicted octanol–water partition coefficient (Wildman–Crippen LogP) is 3.48. The van der Waals surface area contributed by atoms with Gasteiger partial charge >= 0.3 is 11.9 Å². The summed E-state index contributed by atoms with van der Waals surface area (Å²) in [5.41, 5.74) is 1.81. The summed E-state index contributed by atoms with van der Waals surface area (Å²) in [7, 11) is 2.16. The summed E-state index contributed by atoms with van der Waals surface area (Å²) in [6.07, 6.45) is 4.49. The Labute approximate surface area is 188 Å². The molecule has 1 amide bonds. The monoisotopic (exact) mass is 438 g/mol. The lowest BCUT2D eigenvalue weighted by Crippen LogP contribution is -2.37. The van der Waals surface area contributed by atoms with E-state index >= 15 is 0 Å². The van der Waals surface area contributed by atoms with Crippen LogP contribution in [0.5, 0.6) is 5.75 Å². The Bertz CT molecular complexity index is 973. The van der Waals surface area contributed by atoms with E-state index in [4.69, 9.17) is 9.84 Å². The molecule has 3 rings (SSSR count). The van der Waals surface area contributed by atoms with Crippen LogP contribution >= 0.6 is 0 Å². The van der Waals surface area contributed by atoms with Crippen LogP contribution in [0.25, 0.3) is 0 Å². The molecule has 170 valence electrons. The van der Waals surface area contributed by atoms with Crippen molar-refractivity contribution < 1.29 is 24.2 Å². The summed E-state index contributed by atoms with van der Waals surface area (Å²) in [4.78, 5) is 37.5. The van der Waals surface area contributed by atoms with E-state index in [0.717, 1.165) is 25.9 Å². The Morgan fingerprint density at radius 2 is 1.81 bits per heavy atom. The average molecular weight is 439 g/mol. The van der Waals surface area contributed by atoms with E-state index in [9.17, 15) is 14.4 Å². The van der Waals surface area contributed by atoms with Gasteiger partial charge in [-0.3, -0.25) is 9.59 Å². The molecule has 0 saturated carbocycles. The lowest BCUT2D eigenvalue weighted by atomic mass is 9.74. The summed E-state index contributed by atoms with van der Waals surface area (Å²) in [6, 6.07) is 13.7. The number of carbonyl (C=O) groups excluding carboxylic acids is 2. The maximum absolute atomic E-state index is 12.6. The van der Waals surface area contributed by atoms with Gasteiger partial charge in [-0.1, -0.05) is 25.5 Å². The maximum Gasteiger partial charge on any atom is 0.343 e. The zero-order valence-electron chi connectivity index (χ0n) is 18.6. The molecule has 1 saturated heterocycles. The fraction of sp³-hybridized carbons (Fsp3) is 0.400. The maximum atomic E-state index is 12.6. The SMILES string of the molecule is CCC1(c2cccc(OC(=O)c3ccc(C(=O)NCC(=O)O)cc3)c2)CCCCN(C)C1. The van der Waals surface area contributed by atoms with Crippen molar-refractivity contribution >= 4 is 17.8 Å². The molecular formula is C25H30N2O5. The summed E-state index contributed by atoms with van der Waals surface area (Å²) >= 11 is 0. The van der Waals surface area contributed by atoms with E-state index in [0.29, 0.717) is 11.3 Å². The number of rotatable bonds is 7. The third-order valence-electron chi connectivity index (χ3n) is 6.13. The van der Waals surface area contributed by atoms with Crippen LogP contribution in [-0.2, 0) is 10.2 Å². The number of benzene rings is 2. The Kier molecular flexibility index (Phi) is 7.64. The smallest absolute Gasteiger partial charge is 0.343 e. The number of carboxylic acid groups (broad SMARTS) is 1. The molecule has 32 heavy (non-hydrogen) atoms. The van der Waals surface area contributed by atoms with Crippen molar-refractivity contribution in [3.8, 4) is 5.75 Å². The summed E-state index contributed by atoms with van der Waals surface area (Å²) in [5, 5.41) is 10.9. The van der Waals surface area contributed by atoms with Gasteiger partial charge < -0.3 is 20.1 Å². The topological polar surface area (TPSA) is 95.9 Å². The van der Waals surface area contributed by atoms with Gasteiger partial charge in [0.2, 0.25) is 0 Å². The number of carboxylic acids is 1. The van der Waals surface area contributed by atoms with Crippen LogP contribution in [0.3, 0.4) is 0 Å². The molecule has 1 atom stereocenters. The Morgan fingerprint density at radius 1 is 1.09 bits per heavy atom. The van der Waals surface area contributed by atoms with Crippen molar-refractivity contribution in [3.63, 3.8) is 0 Å². The van der Waals surface area contributed by atoms with Crippen LogP contribution in [0.2, 0.25) is 0 Å². The van der Waals surface area contributed by atoms with Crippen LogP contribution in [0.1, 0.15) is 58.9 Å². The molecule has 1 unspecified atom stereocenters. The van der Waals surface area contributed by atoms with Crippen molar-refractivity contribution in [3.05, 3.63) is 65.2 Å². The second kappa shape index (κ2) is 10.4. The third-order valence-corrected chi connectivity index (χ3v) is 6.13. The normalized spacial score (nSPS) is 19.1. The minimum atomic E-state index is -1.12. The number of esters is 1. The Morgan fingerprint density at radius 3 is 2.50 bits per heavy atom. The Balaban J connectivity index is 1.72. The zero-order chi connectivity index (χ0) is 23.1. The van der Waals surface area contributed by atoms with Crippen LogP contribution in [0.4, 0.5) is 0 Å². The van der Waals surface area contributed by atoms with Crippen molar-refractivity contribution in [2.24, 2.45) is 0 Å². The number of hydrogen-bond acceptors (Lipinski definition) is 5. The molecule has 2 aromatic carbocycles. The molecule has 2 N–H and O–H groups in total. The number of nitrogens with one attached hydrogen (secondary N) is 1. The lowest BCUT2D eigenvalue weighted by Gasteiger charge is -2.35. The summed E-state index contributed by atoms with van der Waals surface area (Å²) in [6.45, 7) is 3.83. The second-order valence-electron chi connectivity index (χ2n) is 8.40. The number of amides is 1. The van der Waals surface area contributed by atoms with Gasteiger partial charge in [0.05, 0.1) is 5.56 Å². The third kappa shape index (κ3) is 5.73. The highest BCUT2D eigenvalue weighted by Crippen LogP contribution is 2.37. The largest absolute Gasteiger partial charge is 0.480 e. The highest BCUT2D eigenvalue weighted by molar-refractivity contribution is 5.97. The highest BCUT2D eigenvalue weighted by Gasteiger charge is 2.33. The van der Waals surface area contributed by atoms with E-state index < -0.39 is 24.4 Å².